The summed E-state index contributed by atoms with van der Waals surface area (Å²) < 4.78 is 5.17. The first-order chi connectivity index (χ1) is 10.5. The summed E-state index contributed by atoms with van der Waals surface area (Å²) in [7, 11) is 1.64. The molecule has 22 heavy (non-hydrogen) atoms. The van der Waals surface area contributed by atoms with E-state index < -0.39 is 5.54 Å². The van der Waals surface area contributed by atoms with E-state index in [1.54, 1.807) is 7.11 Å². The minimum atomic E-state index is -0.473. The van der Waals surface area contributed by atoms with E-state index in [0.717, 1.165) is 50.1 Å². The van der Waals surface area contributed by atoms with Gasteiger partial charge in [-0.05, 0) is 64.0 Å². The molecule has 1 rings (SSSR count). The molecule has 124 valence electrons. The van der Waals surface area contributed by atoms with E-state index in [4.69, 9.17) is 4.74 Å². The van der Waals surface area contributed by atoms with Crippen LogP contribution in [-0.4, -0.2) is 36.4 Å². The number of carbonyl (C=O) groups is 1. The van der Waals surface area contributed by atoms with Gasteiger partial charge in [-0.3, -0.25) is 9.69 Å². The van der Waals surface area contributed by atoms with Crippen LogP contribution in [0.1, 0.15) is 63.7 Å². The molecule has 0 aliphatic carbocycles. The van der Waals surface area contributed by atoms with Gasteiger partial charge in [0.2, 0.25) is 0 Å². The highest BCUT2D eigenvalue weighted by Gasteiger charge is 2.34. The molecule has 3 nitrogen and oxygen atoms in total. The van der Waals surface area contributed by atoms with Crippen LogP contribution in [0.15, 0.2) is 24.3 Å². The number of benzene rings is 1. The maximum absolute atomic E-state index is 13.0. The van der Waals surface area contributed by atoms with Gasteiger partial charge in [0.25, 0.3) is 0 Å². The molecule has 0 bridgehead atoms. The predicted molar refractivity (Wildman–Crippen MR) is 92.8 cm³/mol. The zero-order chi connectivity index (χ0) is 16.6. The molecule has 0 atom stereocenters. The van der Waals surface area contributed by atoms with Gasteiger partial charge >= 0.3 is 0 Å². The van der Waals surface area contributed by atoms with E-state index >= 15 is 0 Å². The average Bonchev–Trinajstić information content (AvgIpc) is 2.54. The number of Topliss-reactive ketones (excluding diaryl/α,β-unsaturated/α-hetero) is 1. The molecule has 0 spiro atoms. The number of ether oxygens (including phenoxy) is 1. The van der Waals surface area contributed by atoms with E-state index in [0.29, 0.717) is 0 Å². The molecule has 0 saturated carbocycles. The molecule has 0 heterocycles. The summed E-state index contributed by atoms with van der Waals surface area (Å²) in [5.41, 5.74) is 0.280. The summed E-state index contributed by atoms with van der Waals surface area (Å²) in [4.78, 5) is 15.3. The molecule has 1 aromatic rings. The van der Waals surface area contributed by atoms with Gasteiger partial charge in [-0.2, -0.15) is 0 Å². The van der Waals surface area contributed by atoms with Crippen molar-refractivity contribution in [3.05, 3.63) is 29.8 Å². The van der Waals surface area contributed by atoms with Gasteiger partial charge in [-0.25, -0.2) is 0 Å². The highest BCUT2D eigenvalue weighted by Crippen LogP contribution is 2.23. The van der Waals surface area contributed by atoms with Gasteiger partial charge in [0.05, 0.1) is 12.6 Å². The number of hydrogen-bond acceptors (Lipinski definition) is 3. The van der Waals surface area contributed by atoms with Crippen LogP contribution in [0, 0.1) is 0 Å². The first kappa shape index (κ1) is 18.7. The van der Waals surface area contributed by atoms with Crippen LogP contribution in [-0.2, 0) is 0 Å². The minimum Gasteiger partial charge on any atom is -0.497 e. The molecule has 0 radical (unpaired) electrons. The fourth-order valence-electron chi connectivity index (χ4n) is 2.61. The van der Waals surface area contributed by atoms with E-state index in [-0.39, 0.29) is 5.78 Å². The summed E-state index contributed by atoms with van der Waals surface area (Å²) in [6, 6.07) is 7.43. The third-order valence-electron chi connectivity index (χ3n) is 4.26. The van der Waals surface area contributed by atoms with Crippen molar-refractivity contribution >= 4 is 5.78 Å². The maximum Gasteiger partial charge on any atom is 0.182 e. The monoisotopic (exact) mass is 305 g/mol. The summed E-state index contributed by atoms with van der Waals surface area (Å²) in [6.45, 7) is 10.4. The van der Waals surface area contributed by atoms with E-state index in [1.807, 2.05) is 38.1 Å². The van der Waals surface area contributed by atoms with Crippen molar-refractivity contribution in [2.75, 3.05) is 20.2 Å². The Kier molecular flexibility index (Phi) is 7.60. The molecular formula is C19H31NO2. The Hall–Kier alpha value is -1.35. The van der Waals surface area contributed by atoms with Crippen LogP contribution in [0.5, 0.6) is 5.75 Å². The average molecular weight is 305 g/mol. The van der Waals surface area contributed by atoms with Crippen molar-refractivity contribution < 1.29 is 9.53 Å². The molecule has 3 heteroatoms. The quantitative estimate of drug-likeness (QED) is 0.594. The van der Waals surface area contributed by atoms with Gasteiger partial charge in [-0.15, -0.1) is 0 Å². The third kappa shape index (κ3) is 4.84. The molecule has 0 aliphatic rings. The molecule has 0 aliphatic heterocycles. The van der Waals surface area contributed by atoms with Crippen LogP contribution in [0.2, 0.25) is 0 Å². The number of carbonyl (C=O) groups excluding carboxylic acids is 1. The largest absolute Gasteiger partial charge is 0.497 e. The van der Waals surface area contributed by atoms with Crippen LogP contribution in [0.4, 0.5) is 0 Å². The molecule has 0 fully saturated rings. The first-order valence-electron chi connectivity index (χ1n) is 8.41. The van der Waals surface area contributed by atoms with Crippen LogP contribution in [0.3, 0.4) is 0 Å². The lowest BCUT2D eigenvalue weighted by atomic mass is 9.90. The second-order valence-electron chi connectivity index (χ2n) is 6.31. The van der Waals surface area contributed by atoms with E-state index in [9.17, 15) is 4.79 Å². The molecular weight excluding hydrogens is 274 g/mol. The number of ketones is 1. The Balaban J connectivity index is 2.91. The normalized spacial score (nSPS) is 11.7. The Morgan fingerprint density at radius 1 is 1.05 bits per heavy atom. The van der Waals surface area contributed by atoms with Gasteiger partial charge < -0.3 is 4.74 Å². The van der Waals surface area contributed by atoms with Crippen molar-refractivity contribution in [2.24, 2.45) is 0 Å². The number of unbranched alkanes of at least 4 members (excludes halogenated alkanes) is 2. The van der Waals surface area contributed by atoms with Crippen LogP contribution < -0.4 is 4.74 Å². The summed E-state index contributed by atoms with van der Waals surface area (Å²) in [6.07, 6.45) is 4.55. The van der Waals surface area contributed by atoms with Crippen molar-refractivity contribution in [1.29, 1.82) is 0 Å². The second kappa shape index (κ2) is 8.94. The Labute approximate surface area is 135 Å². The van der Waals surface area contributed by atoms with Crippen LogP contribution >= 0.6 is 0 Å². The fourth-order valence-corrected chi connectivity index (χ4v) is 2.61. The van der Waals surface area contributed by atoms with Crippen molar-refractivity contribution in [2.45, 2.75) is 58.9 Å². The number of hydrogen-bond donors (Lipinski definition) is 0. The van der Waals surface area contributed by atoms with E-state index in [2.05, 4.69) is 18.7 Å². The third-order valence-corrected chi connectivity index (χ3v) is 4.26. The molecule has 0 saturated heterocycles. The zero-order valence-electron chi connectivity index (χ0n) is 14.8. The summed E-state index contributed by atoms with van der Waals surface area (Å²) in [5.74, 6) is 0.963. The topological polar surface area (TPSA) is 29.5 Å². The molecule has 0 aromatic heterocycles. The first-order valence-corrected chi connectivity index (χ1v) is 8.41. The molecule has 0 amide bonds. The summed E-state index contributed by atoms with van der Waals surface area (Å²) in [5, 5.41) is 0. The molecule has 0 unspecified atom stereocenters. The van der Waals surface area contributed by atoms with Crippen molar-refractivity contribution in [3.8, 4) is 5.75 Å². The Bertz CT molecular complexity index is 443. The maximum atomic E-state index is 13.0. The lowest BCUT2D eigenvalue weighted by Gasteiger charge is -2.37. The molecule has 0 N–H and O–H groups in total. The standard InChI is InChI=1S/C19H31NO2/c1-6-8-14-20(15-9-7-2)19(3,4)18(21)16-10-12-17(22-5)13-11-16/h10-13H,6-9,14-15H2,1-5H3. The lowest BCUT2D eigenvalue weighted by molar-refractivity contribution is 0.0630. The zero-order valence-corrected chi connectivity index (χ0v) is 14.8. The fraction of sp³-hybridized carbons (Fsp3) is 0.632. The SMILES string of the molecule is CCCCN(CCCC)C(C)(C)C(=O)c1ccc(OC)cc1. The lowest BCUT2D eigenvalue weighted by Crippen LogP contribution is -2.50. The smallest absolute Gasteiger partial charge is 0.182 e. The highest BCUT2D eigenvalue weighted by atomic mass is 16.5. The van der Waals surface area contributed by atoms with Gasteiger partial charge in [-0.1, -0.05) is 26.7 Å². The summed E-state index contributed by atoms with van der Waals surface area (Å²) >= 11 is 0. The van der Waals surface area contributed by atoms with Gasteiger partial charge in [0, 0.05) is 5.56 Å². The van der Waals surface area contributed by atoms with Crippen molar-refractivity contribution in [3.63, 3.8) is 0 Å². The number of nitrogens with zero attached hydrogens (tertiary/aromatic N) is 1. The van der Waals surface area contributed by atoms with E-state index in [1.165, 1.54) is 0 Å². The van der Waals surface area contributed by atoms with Crippen molar-refractivity contribution in [1.82, 2.24) is 4.90 Å². The Morgan fingerprint density at radius 2 is 1.55 bits per heavy atom. The Morgan fingerprint density at radius 3 is 1.95 bits per heavy atom. The minimum absolute atomic E-state index is 0.183. The predicted octanol–water partition coefficient (Wildman–Crippen LogP) is 4.56. The van der Waals surface area contributed by atoms with Gasteiger partial charge in [0.15, 0.2) is 5.78 Å². The van der Waals surface area contributed by atoms with Gasteiger partial charge in [0.1, 0.15) is 5.75 Å². The second-order valence-corrected chi connectivity index (χ2v) is 6.31. The van der Waals surface area contributed by atoms with Crippen LogP contribution in [0.25, 0.3) is 0 Å². The molecule has 1 aromatic carbocycles. The number of rotatable bonds is 10. The highest BCUT2D eigenvalue weighted by molar-refractivity contribution is 6.02. The number of methoxy groups -OCH3 is 1.